The summed E-state index contributed by atoms with van der Waals surface area (Å²) in [5, 5.41) is 2.35. The molecule has 104 valence electrons. The fourth-order valence-corrected chi connectivity index (χ4v) is 2.88. The second-order valence-corrected chi connectivity index (χ2v) is 5.52. The normalized spacial score (nSPS) is 18.5. The van der Waals surface area contributed by atoms with E-state index in [0.717, 1.165) is 30.7 Å². The van der Waals surface area contributed by atoms with Crippen molar-refractivity contribution in [2.75, 3.05) is 32.1 Å². The van der Waals surface area contributed by atoms with Crippen LogP contribution < -0.4 is 4.90 Å². The largest absolute Gasteiger partial charge is 0.355 e. The summed E-state index contributed by atoms with van der Waals surface area (Å²) < 4.78 is 0. The number of carbonyl (C=O) groups is 1. The van der Waals surface area contributed by atoms with Crippen LogP contribution in [0.1, 0.15) is 6.42 Å². The summed E-state index contributed by atoms with van der Waals surface area (Å²) in [6.45, 7) is 1.66. The SMILES string of the molecule is CN(C)C(=O)C1CCN(c2nccc3ccccc23)C1. The maximum absolute atomic E-state index is 12.1. The first-order valence-electron chi connectivity index (χ1n) is 6.96. The molecule has 1 atom stereocenters. The van der Waals surface area contributed by atoms with Gasteiger partial charge >= 0.3 is 0 Å². The van der Waals surface area contributed by atoms with E-state index in [9.17, 15) is 4.79 Å². The van der Waals surface area contributed by atoms with E-state index in [2.05, 4.69) is 22.0 Å². The number of benzene rings is 1. The lowest BCUT2D eigenvalue weighted by atomic mass is 10.1. The fourth-order valence-electron chi connectivity index (χ4n) is 2.88. The van der Waals surface area contributed by atoms with E-state index < -0.39 is 0 Å². The maximum atomic E-state index is 12.1. The molecule has 4 heteroatoms. The molecule has 3 rings (SSSR count). The molecule has 4 nitrogen and oxygen atoms in total. The second-order valence-electron chi connectivity index (χ2n) is 5.52. The third-order valence-electron chi connectivity index (χ3n) is 3.93. The van der Waals surface area contributed by atoms with Gasteiger partial charge in [-0.15, -0.1) is 0 Å². The van der Waals surface area contributed by atoms with Crippen molar-refractivity contribution in [1.82, 2.24) is 9.88 Å². The zero-order chi connectivity index (χ0) is 14.1. The highest BCUT2D eigenvalue weighted by molar-refractivity contribution is 5.92. The van der Waals surface area contributed by atoms with Gasteiger partial charge in [-0.25, -0.2) is 4.98 Å². The number of carbonyl (C=O) groups excluding carboxylic acids is 1. The number of hydrogen-bond acceptors (Lipinski definition) is 3. The minimum Gasteiger partial charge on any atom is -0.355 e. The Kier molecular flexibility index (Phi) is 3.30. The molecule has 1 saturated heterocycles. The van der Waals surface area contributed by atoms with E-state index in [1.165, 1.54) is 5.39 Å². The molecule has 0 N–H and O–H groups in total. The topological polar surface area (TPSA) is 36.4 Å². The van der Waals surface area contributed by atoms with Gasteiger partial charge < -0.3 is 9.80 Å². The number of nitrogens with zero attached hydrogens (tertiary/aromatic N) is 3. The fraction of sp³-hybridized carbons (Fsp3) is 0.375. The van der Waals surface area contributed by atoms with Crippen molar-refractivity contribution in [2.24, 2.45) is 5.92 Å². The summed E-state index contributed by atoms with van der Waals surface area (Å²) >= 11 is 0. The summed E-state index contributed by atoms with van der Waals surface area (Å²) in [4.78, 5) is 20.5. The minimum atomic E-state index is 0.0887. The predicted molar refractivity (Wildman–Crippen MR) is 80.8 cm³/mol. The standard InChI is InChI=1S/C16H19N3O/c1-18(2)16(20)13-8-10-19(11-13)15-14-6-4-3-5-12(14)7-9-17-15/h3-7,9,13H,8,10-11H2,1-2H3. The van der Waals surface area contributed by atoms with Crippen LogP contribution in [-0.2, 0) is 4.79 Å². The van der Waals surface area contributed by atoms with Crippen molar-refractivity contribution in [3.8, 4) is 0 Å². The Balaban J connectivity index is 1.88. The molecule has 0 bridgehead atoms. The van der Waals surface area contributed by atoms with Crippen molar-refractivity contribution in [1.29, 1.82) is 0 Å². The number of anilines is 1. The molecule has 1 aliphatic rings. The Labute approximate surface area is 119 Å². The van der Waals surface area contributed by atoms with Gasteiger partial charge in [0.2, 0.25) is 5.91 Å². The van der Waals surface area contributed by atoms with Gasteiger partial charge in [-0.3, -0.25) is 4.79 Å². The zero-order valence-electron chi connectivity index (χ0n) is 11.9. The van der Waals surface area contributed by atoms with Crippen molar-refractivity contribution in [3.05, 3.63) is 36.5 Å². The van der Waals surface area contributed by atoms with Crippen LogP contribution >= 0.6 is 0 Å². The van der Waals surface area contributed by atoms with Crippen LogP contribution in [0.2, 0.25) is 0 Å². The van der Waals surface area contributed by atoms with Crippen molar-refractivity contribution >= 4 is 22.5 Å². The molecule has 1 amide bonds. The lowest BCUT2D eigenvalue weighted by molar-refractivity contribution is -0.132. The van der Waals surface area contributed by atoms with Crippen LogP contribution in [-0.4, -0.2) is 43.0 Å². The van der Waals surface area contributed by atoms with E-state index >= 15 is 0 Å². The highest BCUT2D eigenvalue weighted by Crippen LogP contribution is 2.29. The van der Waals surface area contributed by atoms with E-state index in [1.807, 2.05) is 38.5 Å². The van der Waals surface area contributed by atoms with Gasteiger partial charge in [0, 0.05) is 38.8 Å². The van der Waals surface area contributed by atoms with Crippen LogP contribution in [0.25, 0.3) is 10.8 Å². The average Bonchev–Trinajstić information content (AvgIpc) is 2.95. The molecular weight excluding hydrogens is 250 g/mol. The quantitative estimate of drug-likeness (QED) is 0.838. The maximum Gasteiger partial charge on any atom is 0.227 e. The molecular formula is C16H19N3O. The number of hydrogen-bond donors (Lipinski definition) is 0. The molecule has 1 aromatic heterocycles. The number of amides is 1. The zero-order valence-corrected chi connectivity index (χ0v) is 11.9. The molecule has 20 heavy (non-hydrogen) atoms. The third kappa shape index (κ3) is 2.22. The first-order valence-corrected chi connectivity index (χ1v) is 6.96. The first-order chi connectivity index (χ1) is 9.66. The predicted octanol–water partition coefficient (Wildman–Crippen LogP) is 2.15. The van der Waals surface area contributed by atoms with Crippen molar-refractivity contribution in [3.63, 3.8) is 0 Å². The molecule has 0 spiro atoms. The van der Waals surface area contributed by atoms with Crippen LogP contribution in [0.3, 0.4) is 0 Å². The highest BCUT2D eigenvalue weighted by Gasteiger charge is 2.30. The second kappa shape index (κ2) is 5.12. The van der Waals surface area contributed by atoms with Gasteiger partial charge in [0.05, 0.1) is 5.92 Å². The summed E-state index contributed by atoms with van der Waals surface area (Å²) in [6.07, 6.45) is 2.75. The number of pyridine rings is 1. The van der Waals surface area contributed by atoms with Gasteiger partial charge in [0.1, 0.15) is 5.82 Å². The molecule has 1 fully saturated rings. The number of rotatable bonds is 2. The molecule has 2 heterocycles. The molecule has 1 unspecified atom stereocenters. The lowest BCUT2D eigenvalue weighted by Crippen LogP contribution is -2.32. The van der Waals surface area contributed by atoms with Crippen LogP contribution in [0, 0.1) is 5.92 Å². The smallest absolute Gasteiger partial charge is 0.227 e. The molecule has 0 radical (unpaired) electrons. The van der Waals surface area contributed by atoms with E-state index in [-0.39, 0.29) is 11.8 Å². The van der Waals surface area contributed by atoms with Crippen molar-refractivity contribution < 1.29 is 4.79 Å². The van der Waals surface area contributed by atoms with Gasteiger partial charge in [0.15, 0.2) is 0 Å². The van der Waals surface area contributed by atoms with E-state index in [1.54, 1.807) is 4.90 Å². The minimum absolute atomic E-state index is 0.0887. The summed E-state index contributed by atoms with van der Waals surface area (Å²) in [6, 6.07) is 10.3. The van der Waals surface area contributed by atoms with Gasteiger partial charge in [-0.2, -0.15) is 0 Å². The van der Waals surface area contributed by atoms with E-state index in [0.29, 0.717) is 0 Å². The van der Waals surface area contributed by atoms with Crippen molar-refractivity contribution in [2.45, 2.75) is 6.42 Å². The first kappa shape index (κ1) is 12.9. The number of fused-ring (bicyclic) bond motifs is 1. The Morgan fingerprint density at radius 3 is 2.90 bits per heavy atom. The summed E-state index contributed by atoms with van der Waals surface area (Å²) in [7, 11) is 3.64. The Hall–Kier alpha value is -2.10. The van der Waals surface area contributed by atoms with Gasteiger partial charge in [0.25, 0.3) is 0 Å². The van der Waals surface area contributed by atoms with Crippen LogP contribution in [0.5, 0.6) is 0 Å². The van der Waals surface area contributed by atoms with E-state index in [4.69, 9.17) is 0 Å². The highest BCUT2D eigenvalue weighted by atomic mass is 16.2. The molecule has 0 aliphatic carbocycles. The lowest BCUT2D eigenvalue weighted by Gasteiger charge is -2.20. The Morgan fingerprint density at radius 2 is 2.10 bits per heavy atom. The van der Waals surface area contributed by atoms with Gasteiger partial charge in [-0.1, -0.05) is 24.3 Å². The average molecular weight is 269 g/mol. The van der Waals surface area contributed by atoms with Crippen LogP contribution in [0.4, 0.5) is 5.82 Å². The third-order valence-corrected chi connectivity index (χ3v) is 3.93. The number of aromatic nitrogens is 1. The molecule has 0 saturated carbocycles. The molecule has 1 aromatic carbocycles. The summed E-state index contributed by atoms with van der Waals surface area (Å²) in [5.41, 5.74) is 0. The monoisotopic (exact) mass is 269 g/mol. The Morgan fingerprint density at radius 1 is 1.30 bits per heavy atom. The molecule has 2 aromatic rings. The van der Waals surface area contributed by atoms with Gasteiger partial charge in [-0.05, 0) is 17.9 Å². The molecule has 1 aliphatic heterocycles. The summed E-state index contributed by atoms with van der Waals surface area (Å²) in [5.74, 6) is 1.30. The van der Waals surface area contributed by atoms with Crippen LogP contribution in [0.15, 0.2) is 36.5 Å². The Bertz CT molecular complexity index is 633.